The summed E-state index contributed by atoms with van der Waals surface area (Å²) in [4.78, 5) is 15.7. The fourth-order valence-electron chi connectivity index (χ4n) is 1.45. The first-order valence-electron chi connectivity index (χ1n) is 5.78. The van der Waals surface area contributed by atoms with Crippen molar-refractivity contribution in [2.45, 2.75) is 13.0 Å². The normalized spacial score (nSPS) is 11.7. The number of carbonyl (C=O) groups excluding carboxylic acids is 1. The summed E-state index contributed by atoms with van der Waals surface area (Å²) in [5.74, 6) is -0.202. The largest absolute Gasteiger partial charge is 0.481 e. The monoisotopic (exact) mass is 260 g/mol. The van der Waals surface area contributed by atoms with E-state index >= 15 is 0 Å². The summed E-state index contributed by atoms with van der Waals surface area (Å²) in [5.41, 5.74) is 0.599. The number of halogens is 1. The Morgan fingerprint density at radius 2 is 2.05 bits per heavy atom. The summed E-state index contributed by atoms with van der Waals surface area (Å²) < 4.78 is 18.1. The highest BCUT2D eigenvalue weighted by Gasteiger charge is 2.14. The SMILES string of the molecule is CC(Oc1ccc(F)cc1)C(=O)Nc1cccnc1. The van der Waals surface area contributed by atoms with E-state index in [-0.39, 0.29) is 11.7 Å². The van der Waals surface area contributed by atoms with Crippen LogP contribution in [0.5, 0.6) is 5.75 Å². The zero-order valence-electron chi connectivity index (χ0n) is 10.3. The van der Waals surface area contributed by atoms with Gasteiger partial charge < -0.3 is 10.1 Å². The zero-order valence-corrected chi connectivity index (χ0v) is 10.3. The summed E-state index contributed by atoms with van der Waals surface area (Å²) in [6.45, 7) is 1.62. The molecule has 0 aliphatic carbocycles. The second kappa shape index (κ2) is 5.95. The third-order valence-electron chi connectivity index (χ3n) is 2.42. The molecule has 0 aliphatic heterocycles. The molecule has 0 fully saturated rings. The highest BCUT2D eigenvalue weighted by Crippen LogP contribution is 2.14. The van der Waals surface area contributed by atoms with Crippen molar-refractivity contribution in [1.82, 2.24) is 4.98 Å². The average Bonchev–Trinajstić information content (AvgIpc) is 2.42. The minimum absolute atomic E-state index is 0.294. The second-order valence-electron chi connectivity index (χ2n) is 3.94. The van der Waals surface area contributed by atoms with E-state index in [1.54, 1.807) is 31.5 Å². The lowest BCUT2D eigenvalue weighted by molar-refractivity contribution is -0.122. The highest BCUT2D eigenvalue weighted by atomic mass is 19.1. The molecule has 5 heteroatoms. The van der Waals surface area contributed by atoms with Crippen molar-refractivity contribution >= 4 is 11.6 Å². The van der Waals surface area contributed by atoms with Gasteiger partial charge in [0.25, 0.3) is 5.91 Å². The van der Waals surface area contributed by atoms with Crippen LogP contribution in [-0.4, -0.2) is 17.0 Å². The topological polar surface area (TPSA) is 51.2 Å². The van der Waals surface area contributed by atoms with E-state index in [2.05, 4.69) is 10.3 Å². The van der Waals surface area contributed by atoms with Crippen LogP contribution in [0.15, 0.2) is 48.8 Å². The zero-order chi connectivity index (χ0) is 13.7. The maximum absolute atomic E-state index is 12.7. The van der Waals surface area contributed by atoms with E-state index in [1.807, 2.05) is 0 Å². The van der Waals surface area contributed by atoms with Gasteiger partial charge in [0.05, 0.1) is 11.9 Å². The Morgan fingerprint density at radius 3 is 2.68 bits per heavy atom. The van der Waals surface area contributed by atoms with Crippen LogP contribution >= 0.6 is 0 Å². The minimum atomic E-state index is -0.689. The second-order valence-corrected chi connectivity index (χ2v) is 3.94. The van der Waals surface area contributed by atoms with Gasteiger partial charge in [0.15, 0.2) is 6.10 Å². The molecule has 1 amide bonds. The number of anilines is 1. The van der Waals surface area contributed by atoms with E-state index < -0.39 is 6.10 Å². The smallest absolute Gasteiger partial charge is 0.265 e. The van der Waals surface area contributed by atoms with Crippen molar-refractivity contribution in [3.63, 3.8) is 0 Å². The fourth-order valence-corrected chi connectivity index (χ4v) is 1.45. The van der Waals surface area contributed by atoms with Crippen LogP contribution in [-0.2, 0) is 4.79 Å². The Bertz CT molecular complexity index is 543. The molecule has 1 atom stereocenters. The van der Waals surface area contributed by atoms with Gasteiger partial charge >= 0.3 is 0 Å². The van der Waals surface area contributed by atoms with E-state index in [1.165, 1.54) is 24.3 Å². The molecule has 0 bridgehead atoms. The molecular weight excluding hydrogens is 247 g/mol. The highest BCUT2D eigenvalue weighted by molar-refractivity contribution is 5.93. The van der Waals surface area contributed by atoms with Crippen LogP contribution in [0.3, 0.4) is 0 Å². The molecule has 1 aromatic carbocycles. The number of carbonyl (C=O) groups is 1. The average molecular weight is 260 g/mol. The molecular formula is C14H13FN2O2. The van der Waals surface area contributed by atoms with Gasteiger partial charge in [-0.1, -0.05) is 0 Å². The van der Waals surface area contributed by atoms with E-state index in [0.717, 1.165) is 0 Å². The maximum Gasteiger partial charge on any atom is 0.265 e. The molecule has 1 heterocycles. The number of ether oxygens (including phenoxy) is 1. The van der Waals surface area contributed by atoms with Gasteiger partial charge in [-0.15, -0.1) is 0 Å². The molecule has 2 rings (SSSR count). The Labute approximate surface area is 110 Å². The Balaban J connectivity index is 1.94. The van der Waals surface area contributed by atoms with Crippen molar-refractivity contribution < 1.29 is 13.9 Å². The van der Waals surface area contributed by atoms with E-state index in [9.17, 15) is 9.18 Å². The number of nitrogens with one attached hydrogen (secondary N) is 1. The van der Waals surface area contributed by atoms with Crippen LogP contribution in [0.1, 0.15) is 6.92 Å². The number of hydrogen-bond donors (Lipinski definition) is 1. The molecule has 0 aliphatic rings. The lowest BCUT2D eigenvalue weighted by Crippen LogP contribution is -2.30. The molecule has 1 unspecified atom stereocenters. The molecule has 0 saturated carbocycles. The van der Waals surface area contributed by atoms with Crippen LogP contribution in [0.4, 0.5) is 10.1 Å². The van der Waals surface area contributed by atoms with Crippen molar-refractivity contribution in [2.75, 3.05) is 5.32 Å². The van der Waals surface area contributed by atoms with Crippen LogP contribution in [0.25, 0.3) is 0 Å². The van der Waals surface area contributed by atoms with Gasteiger partial charge in [-0.05, 0) is 43.3 Å². The molecule has 0 saturated heterocycles. The number of benzene rings is 1. The number of hydrogen-bond acceptors (Lipinski definition) is 3. The maximum atomic E-state index is 12.7. The number of amides is 1. The molecule has 0 radical (unpaired) electrons. The van der Waals surface area contributed by atoms with E-state index in [0.29, 0.717) is 11.4 Å². The number of pyridine rings is 1. The standard InChI is InChI=1S/C14H13FN2O2/c1-10(19-13-6-4-11(15)5-7-13)14(18)17-12-3-2-8-16-9-12/h2-10H,1H3,(H,17,18). The molecule has 1 N–H and O–H groups in total. The van der Waals surface area contributed by atoms with Gasteiger partial charge in [0.1, 0.15) is 11.6 Å². The molecule has 98 valence electrons. The summed E-state index contributed by atoms with van der Waals surface area (Å²) in [5, 5.41) is 2.67. The van der Waals surface area contributed by atoms with Crippen molar-refractivity contribution in [3.8, 4) is 5.75 Å². The first kappa shape index (κ1) is 13.0. The molecule has 0 spiro atoms. The Kier molecular flexibility index (Phi) is 4.07. The molecule has 1 aromatic heterocycles. The third kappa shape index (κ3) is 3.77. The first-order valence-corrected chi connectivity index (χ1v) is 5.78. The minimum Gasteiger partial charge on any atom is -0.481 e. The Morgan fingerprint density at radius 1 is 1.32 bits per heavy atom. The van der Waals surface area contributed by atoms with Gasteiger partial charge in [-0.2, -0.15) is 0 Å². The van der Waals surface area contributed by atoms with Gasteiger partial charge in [-0.3, -0.25) is 9.78 Å². The number of aromatic nitrogens is 1. The molecule has 19 heavy (non-hydrogen) atoms. The fraction of sp³-hybridized carbons (Fsp3) is 0.143. The van der Waals surface area contributed by atoms with Crippen LogP contribution in [0.2, 0.25) is 0 Å². The summed E-state index contributed by atoms with van der Waals surface area (Å²) in [6.07, 6.45) is 2.47. The Hall–Kier alpha value is -2.43. The van der Waals surface area contributed by atoms with Gasteiger partial charge in [0.2, 0.25) is 0 Å². The van der Waals surface area contributed by atoms with Crippen molar-refractivity contribution in [3.05, 3.63) is 54.6 Å². The number of nitrogens with zero attached hydrogens (tertiary/aromatic N) is 1. The van der Waals surface area contributed by atoms with Gasteiger partial charge in [0, 0.05) is 6.20 Å². The predicted molar refractivity (Wildman–Crippen MR) is 69.4 cm³/mol. The van der Waals surface area contributed by atoms with Crippen LogP contribution in [0, 0.1) is 5.82 Å². The van der Waals surface area contributed by atoms with Crippen molar-refractivity contribution in [2.24, 2.45) is 0 Å². The summed E-state index contributed by atoms with van der Waals surface area (Å²) >= 11 is 0. The molecule has 4 nitrogen and oxygen atoms in total. The van der Waals surface area contributed by atoms with Gasteiger partial charge in [-0.25, -0.2) is 4.39 Å². The first-order chi connectivity index (χ1) is 9.15. The predicted octanol–water partition coefficient (Wildman–Crippen LogP) is 2.63. The van der Waals surface area contributed by atoms with Crippen LogP contribution < -0.4 is 10.1 Å². The summed E-state index contributed by atoms with van der Waals surface area (Å²) in [7, 11) is 0. The quantitative estimate of drug-likeness (QED) is 0.919. The molecule has 2 aromatic rings. The lowest BCUT2D eigenvalue weighted by atomic mass is 10.3. The summed E-state index contributed by atoms with van der Waals surface area (Å²) in [6, 6.07) is 8.96. The lowest BCUT2D eigenvalue weighted by Gasteiger charge is -2.14. The van der Waals surface area contributed by atoms with Crippen molar-refractivity contribution in [1.29, 1.82) is 0 Å². The number of rotatable bonds is 4. The van der Waals surface area contributed by atoms with E-state index in [4.69, 9.17) is 4.74 Å². The third-order valence-corrected chi connectivity index (χ3v) is 2.42.